The lowest BCUT2D eigenvalue weighted by atomic mass is 10.1. The molecule has 2 N–H and O–H groups in total. The first-order valence-electron chi connectivity index (χ1n) is 8.24. The largest absolute Gasteiger partial charge is 0.348 e. The average molecular weight is 357 g/mol. The lowest BCUT2D eigenvalue weighted by Gasteiger charge is -2.10. The minimum Gasteiger partial charge on any atom is -0.348 e. The molecular formula is C18H23N5O3. The van der Waals surface area contributed by atoms with E-state index in [9.17, 15) is 14.4 Å². The third kappa shape index (κ3) is 5.25. The summed E-state index contributed by atoms with van der Waals surface area (Å²) < 4.78 is 1.64. The minimum atomic E-state index is -0.738. The van der Waals surface area contributed by atoms with E-state index in [1.165, 1.54) is 0 Å². The lowest BCUT2D eigenvalue weighted by Crippen LogP contribution is -2.36. The first kappa shape index (κ1) is 19.3. The summed E-state index contributed by atoms with van der Waals surface area (Å²) in [7, 11) is 5.62. The van der Waals surface area contributed by atoms with Crippen molar-refractivity contribution in [2.24, 2.45) is 7.05 Å². The molecule has 1 aromatic heterocycles. The van der Waals surface area contributed by atoms with Gasteiger partial charge in [-0.3, -0.25) is 14.4 Å². The molecule has 0 aliphatic heterocycles. The van der Waals surface area contributed by atoms with Crippen LogP contribution in [0.4, 0.5) is 5.69 Å². The highest BCUT2D eigenvalue weighted by Gasteiger charge is 2.15. The Hall–Kier alpha value is -3.00. The van der Waals surface area contributed by atoms with Gasteiger partial charge in [-0.1, -0.05) is 0 Å². The van der Waals surface area contributed by atoms with Crippen molar-refractivity contribution in [3.05, 3.63) is 48.0 Å². The number of hydrogen-bond donors (Lipinski definition) is 2. The molecule has 0 bridgehead atoms. The molecule has 0 fully saturated rings. The SMILES string of the molecule is CN(C)CCCNC(=O)C(=O)Nc1ccc(C(=O)c2nccn2C)cc1. The van der Waals surface area contributed by atoms with E-state index in [0.717, 1.165) is 13.0 Å². The molecule has 2 aromatic rings. The third-order valence-electron chi connectivity index (χ3n) is 3.70. The van der Waals surface area contributed by atoms with Crippen LogP contribution >= 0.6 is 0 Å². The van der Waals surface area contributed by atoms with Crippen LogP contribution in [0.2, 0.25) is 0 Å². The fraction of sp³-hybridized carbons (Fsp3) is 0.333. The van der Waals surface area contributed by atoms with Crippen molar-refractivity contribution < 1.29 is 14.4 Å². The molecule has 1 aromatic carbocycles. The number of hydrogen-bond acceptors (Lipinski definition) is 5. The number of aryl methyl sites for hydroxylation is 1. The van der Waals surface area contributed by atoms with Gasteiger partial charge in [0.2, 0.25) is 5.78 Å². The normalized spacial score (nSPS) is 10.6. The topological polar surface area (TPSA) is 96.3 Å². The van der Waals surface area contributed by atoms with Gasteiger partial charge in [-0.15, -0.1) is 0 Å². The summed E-state index contributed by atoms with van der Waals surface area (Å²) in [5, 5.41) is 5.08. The number of ketones is 1. The maximum atomic E-state index is 12.3. The van der Waals surface area contributed by atoms with Gasteiger partial charge in [-0.05, 0) is 51.3 Å². The van der Waals surface area contributed by atoms with Gasteiger partial charge >= 0.3 is 11.8 Å². The number of nitrogens with zero attached hydrogens (tertiary/aromatic N) is 3. The standard InChI is InChI=1S/C18H23N5O3/c1-22(2)11-4-9-20-17(25)18(26)21-14-7-5-13(6-8-14)15(24)16-19-10-12-23(16)3/h5-8,10,12H,4,9,11H2,1-3H3,(H,20,25)(H,21,26). The molecular weight excluding hydrogens is 334 g/mol. The molecule has 138 valence electrons. The Labute approximate surface area is 152 Å². The first-order chi connectivity index (χ1) is 12.4. The summed E-state index contributed by atoms with van der Waals surface area (Å²) in [6.45, 7) is 1.26. The van der Waals surface area contributed by atoms with Crippen LogP contribution in [0.1, 0.15) is 22.6 Å². The fourth-order valence-electron chi connectivity index (χ4n) is 2.28. The molecule has 8 heteroatoms. The van der Waals surface area contributed by atoms with Gasteiger partial charge in [0.05, 0.1) is 0 Å². The van der Waals surface area contributed by atoms with Gasteiger partial charge < -0.3 is 20.1 Å². The Morgan fingerprint density at radius 2 is 1.81 bits per heavy atom. The lowest BCUT2D eigenvalue weighted by molar-refractivity contribution is -0.136. The number of benzene rings is 1. The summed E-state index contributed by atoms with van der Waals surface area (Å²) in [6.07, 6.45) is 4.01. The fourth-order valence-corrected chi connectivity index (χ4v) is 2.28. The summed E-state index contributed by atoms with van der Waals surface area (Å²) in [4.78, 5) is 42.0. The number of amides is 2. The maximum Gasteiger partial charge on any atom is 0.313 e. The van der Waals surface area contributed by atoms with Gasteiger partial charge in [0.15, 0.2) is 5.82 Å². The molecule has 8 nitrogen and oxygen atoms in total. The quantitative estimate of drug-likeness (QED) is 0.431. The summed E-state index contributed by atoms with van der Waals surface area (Å²) in [5.41, 5.74) is 0.889. The monoisotopic (exact) mass is 357 g/mol. The van der Waals surface area contributed by atoms with Crippen LogP contribution < -0.4 is 10.6 Å². The molecule has 26 heavy (non-hydrogen) atoms. The summed E-state index contributed by atoms with van der Waals surface area (Å²) >= 11 is 0. The Morgan fingerprint density at radius 1 is 1.12 bits per heavy atom. The van der Waals surface area contributed by atoms with Crippen molar-refractivity contribution in [2.45, 2.75) is 6.42 Å². The van der Waals surface area contributed by atoms with Crippen molar-refractivity contribution in [1.29, 1.82) is 0 Å². The molecule has 2 rings (SSSR count). The highest BCUT2D eigenvalue weighted by atomic mass is 16.2. The van der Waals surface area contributed by atoms with Crippen molar-refractivity contribution in [1.82, 2.24) is 19.8 Å². The molecule has 1 heterocycles. The van der Waals surface area contributed by atoms with Crippen molar-refractivity contribution in [3.8, 4) is 0 Å². The zero-order valence-corrected chi connectivity index (χ0v) is 15.2. The van der Waals surface area contributed by atoms with Gasteiger partial charge in [0.25, 0.3) is 0 Å². The van der Waals surface area contributed by atoms with E-state index in [4.69, 9.17) is 0 Å². The third-order valence-corrected chi connectivity index (χ3v) is 3.70. The van der Waals surface area contributed by atoms with Crippen LogP contribution in [0.25, 0.3) is 0 Å². The van der Waals surface area contributed by atoms with Gasteiger partial charge in [0, 0.05) is 37.2 Å². The van der Waals surface area contributed by atoms with Crippen LogP contribution in [0, 0.1) is 0 Å². The predicted octanol–water partition coefficient (Wildman–Crippen LogP) is 0.658. The summed E-state index contributed by atoms with van der Waals surface area (Å²) in [6, 6.07) is 6.32. The van der Waals surface area contributed by atoms with Gasteiger partial charge in [-0.2, -0.15) is 0 Å². The van der Waals surface area contributed by atoms with Crippen LogP contribution in [0.3, 0.4) is 0 Å². The molecule has 0 spiro atoms. The molecule has 0 radical (unpaired) electrons. The van der Waals surface area contributed by atoms with E-state index in [1.807, 2.05) is 19.0 Å². The molecule has 0 aliphatic carbocycles. The second kappa shape index (κ2) is 8.91. The van der Waals surface area contributed by atoms with E-state index in [-0.39, 0.29) is 5.78 Å². The molecule has 0 saturated carbocycles. The maximum absolute atomic E-state index is 12.3. The van der Waals surface area contributed by atoms with Gasteiger partial charge in [-0.25, -0.2) is 4.98 Å². The van der Waals surface area contributed by atoms with E-state index < -0.39 is 11.8 Å². The number of imidazole rings is 1. The molecule has 2 amide bonds. The highest BCUT2D eigenvalue weighted by Crippen LogP contribution is 2.13. The molecule has 0 saturated heterocycles. The van der Waals surface area contributed by atoms with Crippen molar-refractivity contribution in [2.75, 3.05) is 32.5 Å². The minimum absolute atomic E-state index is 0.214. The second-order valence-corrected chi connectivity index (χ2v) is 6.14. The molecule has 0 unspecified atom stereocenters. The van der Waals surface area contributed by atoms with Crippen LogP contribution in [-0.2, 0) is 16.6 Å². The zero-order valence-electron chi connectivity index (χ0n) is 15.2. The van der Waals surface area contributed by atoms with Crippen molar-refractivity contribution in [3.63, 3.8) is 0 Å². The van der Waals surface area contributed by atoms with Crippen molar-refractivity contribution >= 4 is 23.3 Å². The Morgan fingerprint density at radius 3 is 2.38 bits per heavy atom. The van der Waals surface area contributed by atoms with Crippen LogP contribution in [0.5, 0.6) is 0 Å². The Balaban J connectivity index is 1.88. The number of carbonyl (C=O) groups excluding carboxylic acids is 3. The number of nitrogens with one attached hydrogen (secondary N) is 2. The Kier molecular flexibility index (Phi) is 6.62. The zero-order chi connectivity index (χ0) is 19.1. The van der Waals surface area contributed by atoms with E-state index >= 15 is 0 Å². The smallest absolute Gasteiger partial charge is 0.313 e. The number of carbonyl (C=O) groups is 3. The molecule has 0 atom stereocenters. The first-order valence-corrected chi connectivity index (χ1v) is 8.24. The van der Waals surface area contributed by atoms with E-state index in [0.29, 0.717) is 23.6 Å². The predicted molar refractivity (Wildman–Crippen MR) is 97.9 cm³/mol. The summed E-state index contributed by atoms with van der Waals surface area (Å²) in [5.74, 6) is -1.30. The van der Waals surface area contributed by atoms with E-state index in [1.54, 1.807) is 48.3 Å². The number of aromatic nitrogens is 2. The number of rotatable bonds is 7. The number of anilines is 1. The van der Waals surface area contributed by atoms with Crippen LogP contribution in [0.15, 0.2) is 36.7 Å². The average Bonchev–Trinajstić information content (AvgIpc) is 3.04. The molecule has 0 aliphatic rings. The van der Waals surface area contributed by atoms with Gasteiger partial charge in [0.1, 0.15) is 0 Å². The highest BCUT2D eigenvalue weighted by molar-refractivity contribution is 6.39. The van der Waals surface area contributed by atoms with Crippen LogP contribution in [-0.4, -0.2) is 59.2 Å². The second-order valence-electron chi connectivity index (χ2n) is 6.14. The Bertz CT molecular complexity index is 780. The van der Waals surface area contributed by atoms with E-state index in [2.05, 4.69) is 15.6 Å².